The largest absolute Gasteiger partial charge is 0.508 e. The monoisotopic (exact) mass is 255 g/mol. The van der Waals surface area contributed by atoms with Crippen molar-refractivity contribution in [3.63, 3.8) is 0 Å². The summed E-state index contributed by atoms with van der Waals surface area (Å²) < 4.78 is 5.57. The molecule has 0 fully saturated rings. The predicted molar refractivity (Wildman–Crippen MR) is 69.0 cm³/mol. The maximum Gasteiger partial charge on any atom is 0.214 e. The molecule has 94 valence electrons. The number of fused-ring (bicyclic) bond motifs is 1. The second-order valence-electron chi connectivity index (χ2n) is 4.06. The van der Waals surface area contributed by atoms with Gasteiger partial charge in [-0.05, 0) is 24.3 Å². The van der Waals surface area contributed by atoms with Crippen molar-refractivity contribution in [2.45, 2.75) is 0 Å². The highest BCUT2D eigenvalue weighted by Crippen LogP contribution is 2.24. The zero-order valence-electron chi connectivity index (χ0n) is 9.70. The molecular weight excluding hydrogens is 246 g/mol. The van der Waals surface area contributed by atoms with E-state index < -0.39 is 0 Å². The van der Waals surface area contributed by atoms with E-state index in [1.165, 1.54) is 30.5 Å². The molecule has 0 spiro atoms. The average molecular weight is 255 g/mol. The van der Waals surface area contributed by atoms with Crippen molar-refractivity contribution in [1.29, 1.82) is 0 Å². The molecule has 2 aromatic heterocycles. The van der Waals surface area contributed by atoms with Crippen LogP contribution in [0.4, 0.5) is 0 Å². The smallest absolute Gasteiger partial charge is 0.214 e. The van der Waals surface area contributed by atoms with Crippen molar-refractivity contribution in [3.05, 3.63) is 52.8 Å². The van der Waals surface area contributed by atoms with Gasteiger partial charge in [-0.25, -0.2) is 4.98 Å². The number of benzene rings is 1. The Morgan fingerprint density at radius 3 is 2.53 bits per heavy atom. The van der Waals surface area contributed by atoms with Crippen LogP contribution in [-0.4, -0.2) is 15.2 Å². The van der Waals surface area contributed by atoms with Gasteiger partial charge in [-0.15, -0.1) is 0 Å². The van der Waals surface area contributed by atoms with E-state index in [1.54, 1.807) is 12.1 Å². The van der Waals surface area contributed by atoms with E-state index in [0.717, 1.165) is 0 Å². The first kappa shape index (κ1) is 11.3. The Labute approximate surface area is 107 Å². The molecule has 2 heterocycles. The maximum absolute atomic E-state index is 11.9. The van der Waals surface area contributed by atoms with Crippen LogP contribution in [0.3, 0.4) is 0 Å². The molecule has 0 saturated heterocycles. The van der Waals surface area contributed by atoms with Gasteiger partial charge >= 0.3 is 0 Å². The van der Waals surface area contributed by atoms with Crippen LogP contribution in [0.5, 0.6) is 11.6 Å². The third-order valence-electron chi connectivity index (χ3n) is 2.75. The maximum atomic E-state index is 11.9. The quantitative estimate of drug-likeness (QED) is 0.696. The molecule has 5 nitrogen and oxygen atoms in total. The summed E-state index contributed by atoms with van der Waals surface area (Å²) >= 11 is 0. The minimum absolute atomic E-state index is 0.133. The Hall–Kier alpha value is -2.82. The first-order chi connectivity index (χ1) is 9.13. The van der Waals surface area contributed by atoms with Gasteiger partial charge in [0, 0.05) is 23.9 Å². The number of aromatic hydroxyl groups is 2. The normalized spacial score (nSPS) is 10.7. The summed E-state index contributed by atoms with van der Waals surface area (Å²) in [5, 5.41) is 18.9. The van der Waals surface area contributed by atoms with Crippen LogP contribution in [-0.2, 0) is 0 Å². The standard InChI is InChI=1S/C14H9NO4/c16-9-3-1-8(2-4-9)12-5-11(17)10-7-15-14(18)6-13(10)19-12/h1-7,16H,(H,15,18). The Bertz CT molecular complexity index is 806. The van der Waals surface area contributed by atoms with Crippen LogP contribution in [0, 0.1) is 0 Å². The SMILES string of the molecule is O=c1cc(-c2ccc(O)cc2)oc2cc(O)ncc12. The molecule has 0 unspecified atom stereocenters. The number of rotatable bonds is 1. The summed E-state index contributed by atoms with van der Waals surface area (Å²) in [7, 11) is 0. The Balaban J connectivity index is 2.25. The van der Waals surface area contributed by atoms with E-state index in [1.807, 2.05) is 0 Å². The van der Waals surface area contributed by atoms with Crippen molar-refractivity contribution in [2.75, 3.05) is 0 Å². The lowest BCUT2D eigenvalue weighted by molar-refractivity contribution is 0.452. The van der Waals surface area contributed by atoms with Crippen molar-refractivity contribution >= 4 is 11.0 Å². The van der Waals surface area contributed by atoms with Gasteiger partial charge in [0.25, 0.3) is 0 Å². The summed E-state index contributed by atoms with van der Waals surface area (Å²) in [5.74, 6) is 0.287. The number of phenolic OH excluding ortho intramolecular Hbond substituents is 1. The van der Waals surface area contributed by atoms with Crippen LogP contribution >= 0.6 is 0 Å². The molecular formula is C14H9NO4. The van der Waals surface area contributed by atoms with Gasteiger partial charge in [-0.2, -0.15) is 0 Å². The number of phenols is 1. The molecule has 0 atom stereocenters. The Morgan fingerprint density at radius 2 is 1.79 bits per heavy atom. The van der Waals surface area contributed by atoms with Crippen molar-refractivity contribution < 1.29 is 14.6 Å². The molecule has 3 aromatic rings. The fraction of sp³-hybridized carbons (Fsp3) is 0. The zero-order chi connectivity index (χ0) is 13.4. The minimum Gasteiger partial charge on any atom is -0.508 e. The fourth-order valence-corrected chi connectivity index (χ4v) is 1.81. The number of aromatic nitrogens is 1. The van der Waals surface area contributed by atoms with Gasteiger partial charge in [0.1, 0.15) is 17.1 Å². The molecule has 0 aliphatic carbocycles. The first-order valence-corrected chi connectivity index (χ1v) is 5.56. The second-order valence-corrected chi connectivity index (χ2v) is 4.06. The average Bonchev–Trinajstić information content (AvgIpc) is 2.38. The van der Waals surface area contributed by atoms with Crippen LogP contribution in [0.2, 0.25) is 0 Å². The van der Waals surface area contributed by atoms with E-state index in [4.69, 9.17) is 4.42 Å². The van der Waals surface area contributed by atoms with Gasteiger partial charge < -0.3 is 14.6 Å². The van der Waals surface area contributed by atoms with E-state index in [2.05, 4.69) is 4.98 Å². The van der Waals surface area contributed by atoms with E-state index in [0.29, 0.717) is 16.7 Å². The molecule has 0 saturated carbocycles. The molecule has 0 radical (unpaired) electrons. The molecule has 0 amide bonds. The van der Waals surface area contributed by atoms with E-state index in [9.17, 15) is 15.0 Å². The van der Waals surface area contributed by atoms with E-state index >= 15 is 0 Å². The van der Waals surface area contributed by atoms with Crippen molar-refractivity contribution in [1.82, 2.24) is 4.98 Å². The van der Waals surface area contributed by atoms with Gasteiger partial charge in [0.15, 0.2) is 5.43 Å². The highest BCUT2D eigenvalue weighted by atomic mass is 16.3. The molecule has 1 aromatic carbocycles. The van der Waals surface area contributed by atoms with Crippen molar-refractivity contribution in [3.8, 4) is 23.0 Å². The third kappa shape index (κ3) is 2.01. The van der Waals surface area contributed by atoms with Gasteiger partial charge in [0.2, 0.25) is 5.88 Å². The number of pyridine rings is 1. The summed E-state index contributed by atoms with van der Waals surface area (Å²) in [6.07, 6.45) is 1.27. The van der Waals surface area contributed by atoms with Gasteiger partial charge in [-0.3, -0.25) is 4.79 Å². The molecule has 0 aliphatic heterocycles. The summed E-state index contributed by atoms with van der Waals surface area (Å²) in [6.45, 7) is 0. The first-order valence-electron chi connectivity index (χ1n) is 5.56. The number of hydrogen-bond donors (Lipinski definition) is 2. The number of nitrogens with zero attached hydrogens (tertiary/aromatic N) is 1. The number of hydrogen-bond acceptors (Lipinski definition) is 5. The minimum atomic E-state index is -0.239. The lowest BCUT2D eigenvalue weighted by atomic mass is 10.1. The Kier molecular flexibility index (Phi) is 2.45. The Morgan fingerprint density at radius 1 is 1.05 bits per heavy atom. The van der Waals surface area contributed by atoms with Gasteiger partial charge in [0.05, 0.1) is 5.39 Å². The lowest BCUT2D eigenvalue weighted by Crippen LogP contribution is -2.00. The van der Waals surface area contributed by atoms with Crippen LogP contribution < -0.4 is 5.43 Å². The third-order valence-corrected chi connectivity index (χ3v) is 2.75. The van der Waals surface area contributed by atoms with Crippen molar-refractivity contribution in [2.24, 2.45) is 0 Å². The highest BCUT2D eigenvalue weighted by molar-refractivity contribution is 5.78. The zero-order valence-corrected chi connectivity index (χ0v) is 9.70. The predicted octanol–water partition coefficient (Wildman–Crippen LogP) is 2.27. The highest BCUT2D eigenvalue weighted by Gasteiger charge is 2.08. The van der Waals surface area contributed by atoms with E-state index in [-0.39, 0.29) is 22.6 Å². The molecule has 0 bridgehead atoms. The molecule has 5 heteroatoms. The molecule has 19 heavy (non-hydrogen) atoms. The molecule has 2 N–H and O–H groups in total. The second kappa shape index (κ2) is 4.13. The van der Waals surface area contributed by atoms with Crippen LogP contribution in [0.25, 0.3) is 22.3 Å². The molecule has 0 aliphatic rings. The fourth-order valence-electron chi connectivity index (χ4n) is 1.81. The van der Waals surface area contributed by atoms with Crippen LogP contribution in [0.15, 0.2) is 51.8 Å². The van der Waals surface area contributed by atoms with Gasteiger partial charge in [-0.1, -0.05) is 0 Å². The summed E-state index contributed by atoms with van der Waals surface area (Å²) in [5.41, 5.74) is 0.688. The molecule has 3 rings (SSSR count). The lowest BCUT2D eigenvalue weighted by Gasteiger charge is -2.03. The summed E-state index contributed by atoms with van der Waals surface area (Å²) in [4.78, 5) is 15.6. The van der Waals surface area contributed by atoms with Crippen LogP contribution in [0.1, 0.15) is 0 Å². The topological polar surface area (TPSA) is 83.6 Å². The summed E-state index contributed by atoms with van der Waals surface area (Å²) in [6, 6.07) is 8.93.